The lowest BCUT2D eigenvalue weighted by Gasteiger charge is -2.15. The van der Waals surface area contributed by atoms with E-state index in [4.69, 9.17) is 12.2 Å². The molecule has 0 aromatic heterocycles. The number of rotatable bonds is 8. The lowest BCUT2D eigenvalue weighted by atomic mass is 10.1. The Morgan fingerprint density at radius 3 is 2.47 bits per heavy atom. The largest absolute Gasteiger partial charge is 0.382 e. The van der Waals surface area contributed by atoms with Crippen LogP contribution in [0.3, 0.4) is 0 Å². The van der Waals surface area contributed by atoms with Crippen molar-refractivity contribution in [2.75, 3.05) is 23.7 Å². The van der Waals surface area contributed by atoms with Gasteiger partial charge >= 0.3 is 0 Å². The molecule has 0 aliphatic heterocycles. The van der Waals surface area contributed by atoms with E-state index in [1.54, 1.807) is 0 Å². The molecule has 0 bridgehead atoms. The van der Waals surface area contributed by atoms with Gasteiger partial charge in [-0.2, -0.15) is 0 Å². The molecule has 0 atom stereocenters. The van der Waals surface area contributed by atoms with Gasteiger partial charge in [0.25, 0.3) is 0 Å². The van der Waals surface area contributed by atoms with Crippen LogP contribution in [0.1, 0.15) is 40.0 Å². The summed E-state index contributed by atoms with van der Waals surface area (Å²) in [6, 6.07) is 0. The Balaban J connectivity index is 2.35. The van der Waals surface area contributed by atoms with Gasteiger partial charge < -0.3 is 10.6 Å². The monoisotopic (exact) mass is 254 g/mol. The summed E-state index contributed by atoms with van der Waals surface area (Å²) >= 11 is 5.00. The third-order valence-electron chi connectivity index (χ3n) is 2.77. The number of unbranched alkanes of at least 4 members (excludes halogenated alkanes) is 1. The van der Waals surface area contributed by atoms with Crippen LogP contribution in [0, 0.1) is 10.4 Å². The molecule has 0 amide bonds. The van der Waals surface area contributed by atoms with Crippen molar-refractivity contribution in [3.05, 3.63) is 14.7 Å². The second-order valence-electron chi connectivity index (χ2n) is 4.75. The van der Waals surface area contributed by atoms with Gasteiger partial charge in [0.15, 0.2) is 0 Å². The highest BCUT2D eigenvalue weighted by Gasteiger charge is 2.15. The molecule has 3 nitrogen and oxygen atoms in total. The molecule has 1 aromatic rings. The summed E-state index contributed by atoms with van der Waals surface area (Å²) < 4.78 is 0.441. The van der Waals surface area contributed by atoms with E-state index in [1.165, 1.54) is 12.8 Å². The van der Waals surface area contributed by atoms with Gasteiger partial charge in [0.2, 0.25) is 5.43 Å². The van der Waals surface area contributed by atoms with Crippen molar-refractivity contribution >= 4 is 23.6 Å². The van der Waals surface area contributed by atoms with Gasteiger partial charge in [0, 0.05) is 13.1 Å². The van der Waals surface area contributed by atoms with Crippen LogP contribution in [0.25, 0.3) is 0 Å². The van der Waals surface area contributed by atoms with E-state index in [9.17, 15) is 4.79 Å². The Bertz CT molecular complexity index is 419. The molecule has 0 heterocycles. The van der Waals surface area contributed by atoms with Crippen LogP contribution >= 0.6 is 12.2 Å². The molecule has 1 aromatic carbocycles. The average Bonchev–Trinajstić information content (AvgIpc) is 2.30. The van der Waals surface area contributed by atoms with Crippen LogP contribution in [0.5, 0.6) is 0 Å². The molecule has 0 aliphatic carbocycles. The predicted molar refractivity (Wildman–Crippen MR) is 77.3 cm³/mol. The second kappa shape index (κ2) is 6.74. The van der Waals surface area contributed by atoms with Crippen LogP contribution in [0.15, 0.2) is 4.79 Å². The van der Waals surface area contributed by atoms with Gasteiger partial charge in [-0.1, -0.05) is 38.9 Å². The molecule has 96 valence electrons. The molecule has 4 heteroatoms. The predicted octanol–water partition coefficient (Wildman–Crippen LogP) is 3.32. The molecule has 1 rings (SSSR count). The van der Waals surface area contributed by atoms with Crippen molar-refractivity contribution in [1.82, 2.24) is 0 Å². The molecule has 2 N–H and O–H groups in total. The Morgan fingerprint density at radius 1 is 1.18 bits per heavy atom. The summed E-state index contributed by atoms with van der Waals surface area (Å²) in [4.78, 5) is 11.5. The van der Waals surface area contributed by atoms with Gasteiger partial charge in [-0.25, -0.2) is 0 Å². The van der Waals surface area contributed by atoms with Crippen molar-refractivity contribution in [2.45, 2.75) is 40.0 Å². The molecule has 0 fully saturated rings. The van der Waals surface area contributed by atoms with E-state index < -0.39 is 0 Å². The van der Waals surface area contributed by atoms with Gasteiger partial charge in [-0.05, 0) is 19.3 Å². The fourth-order valence-corrected chi connectivity index (χ4v) is 2.07. The molecular formula is C13H22N2OS. The quantitative estimate of drug-likeness (QED) is 0.551. The highest BCUT2D eigenvalue weighted by molar-refractivity contribution is 7.71. The zero-order chi connectivity index (χ0) is 12.8. The molecule has 0 spiro atoms. The second-order valence-corrected chi connectivity index (χ2v) is 5.16. The summed E-state index contributed by atoms with van der Waals surface area (Å²) in [5.41, 5.74) is 1.50. The number of anilines is 2. The molecule has 17 heavy (non-hydrogen) atoms. The minimum absolute atomic E-state index is 0.0141. The van der Waals surface area contributed by atoms with E-state index >= 15 is 0 Å². The molecule has 0 saturated carbocycles. The Kier molecular flexibility index (Phi) is 5.62. The molecular weight excluding hydrogens is 232 g/mol. The Labute approximate surface area is 108 Å². The van der Waals surface area contributed by atoms with Gasteiger partial charge in [-0.3, -0.25) is 4.79 Å². The lowest BCUT2D eigenvalue weighted by molar-refractivity contribution is 0.545. The highest BCUT2D eigenvalue weighted by Crippen LogP contribution is 2.22. The van der Waals surface area contributed by atoms with Gasteiger partial charge in [0.05, 0.1) is 5.69 Å². The van der Waals surface area contributed by atoms with Gasteiger partial charge in [0.1, 0.15) is 10.2 Å². The van der Waals surface area contributed by atoms with Crippen LogP contribution < -0.4 is 16.1 Å². The van der Waals surface area contributed by atoms with E-state index in [1.807, 2.05) is 6.92 Å². The summed E-state index contributed by atoms with van der Waals surface area (Å²) in [5, 5.41) is 6.31. The van der Waals surface area contributed by atoms with Crippen molar-refractivity contribution in [3.8, 4) is 0 Å². The van der Waals surface area contributed by atoms with Crippen molar-refractivity contribution < 1.29 is 0 Å². The van der Waals surface area contributed by atoms with Crippen LogP contribution in [0.2, 0.25) is 0 Å². The standard InChI is InChI=1S/C13H22N2OS/c1-4-14-11-10(12(16)13(11)17)15-8-6-5-7-9(2)3/h9,14-15H,4-8H2,1-3H3. The van der Waals surface area contributed by atoms with Crippen molar-refractivity contribution in [1.29, 1.82) is 0 Å². The third-order valence-corrected chi connectivity index (χ3v) is 3.16. The highest BCUT2D eigenvalue weighted by atomic mass is 32.1. The smallest absolute Gasteiger partial charge is 0.223 e. The number of nitrogens with one attached hydrogen (secondary N) is 2. The summed E-state index contributed by atoms with van der Waals surface area (Å²) in [6.07, 6.45) is 3.54. The Hall–Kier alpha value is -0.900. The summed E-state index contributed by atoms with van der Waals surface area (Å²) in [7, 11) is 0. The topological polar surface area (TPSA) is 41.1 Å². The van der Waals surface area contributed by atoms with Crippen molar-refractivity contribution in [3.63, 3.8) is 0 Å². The van der Waals surface area contributed by atoms with Crippen LogP contribution in [0.4, 0.5) is 11.4 Å². The average molecular weight is 254 g/mol. The van der Waals surface area contributed by atoms with Crippen LogP contribution in [-0.2, 0) is 0 Å². The summed E-state index contributed by atoms with van der Waals surface area (Å²) in [5.74, 6) is 0.754. The summed E-state index contributed by atoms with van der Waals surface area (Å²) in [6.45, 7) is 8.10. The van der Waals surface area contributed by atoms with Crippen LogP contribution in [-0.4, -0.2) is 13.1 Å². The van der Waals surface area contributed by atoms with E-state index in [-0.39, 0.29) is 5.43 Å². The maximum absolute atomic E-state index is 11.5. The first-order chi connectivity index (χ1) is 8.07. The van der Waals surface area contributed by atoms with E-state index in [0.717, 1.165) is 31.1 Å². The zero-order valence-corrected chi connectivity index (χ0v) is 11.7. The third kappa shape index (κ3) is 3.80. The first-order valence-electron chi connectivity index (χ1n) is 6.39. The first-order valence-corrected chi connectivity index (χ1v) is 6.79. The zero-order valence-electron chi connectivity index (χ0n) is 10.9. The van der Waals surface area contributed by atoms with Crippen molar-refractivity contribution in [2.24, 2.45) is 5.92 Å². The minimum atomic E-state index is -0.0141. The normalized spacial score (nSPS) is 11.1. The SMILES string of the molecule is CCNc1c(NCCCCC(C)C)c(=O)c1=S. The molecule has 0 radical (unpaired) electrons. The first kappa shape index (κ1) is 14.2. The maximum Gasteiger partial charge on any atom is 0.223 e. The van der Waals surface area contributed by atoms with E-state index in [0.29, 0.717) is 10.2 Å². The number of hydrogen-bond acceptors (Lipinski definition) is 4. The minimum Gasteiger partial charge on any atom is -0.382 e. The van der Waals surface area contributed by atoms with E-state index in [2.05, 4.69) is 24.5 Å². The lowest BCUT2D eigenvalue weighted by Crippen LogP contribution is -2.22. The molecule has 0 saturated heterocycles. The molecule has 0 aliphatic rings. The maximum atomic E-state index is 11.5. The van der Waals surface area contributed by atoms with Gasteiger partial charge in [-0.15, -0.1) is 0 Å². The Morgan fingerprint density at radius 2 is 1.88 bits per heavy atom. The fraction of sp³-hybridized carbons (Fsp3) is 0.692. The number of hydrogen-bond donors (Lipinski definition) is 2. The molecule has 0 unspecified atom stereocenters. The fourth-order valence-electron chi connectivity index (χ4n) is 1.80.